The fourth-order valence-electron chi connectivity index (χ4n) is 6.86. The molecule has 0 unspecified atom stereocenters. The summed E-state index contributed by atoms with van der Waals surface area (Å²) in [5, 5.41) is 3.98. The Balaban J connectivity index is 1.20. The average molecular weight is 631 g/mol. The van der Waals surface area contributed by atoms with Crippen LogP contribution in [0, 0.1) is 0 Å². The number of rotatable bonds is 8. The van der Waals surface area contributed by atoms with Gasteiger partial charge in [-0.15, -0.1) is 0 Å². The van der Waals surface area contributed by atoms with Crippen molar-refractivity contribution in [2.75, 3.05) is 69.9 Å². The maximum Gasteiger partial charge on any atom is 0.209 e. The van der Waals surface area contributed by atoms with Crippen LogP contribution in [0.1, 0.15) is 38.5 Å². The lowest BCUT2D eigenvalue weighted by Crippen LogP contribution is -2.52. The summed E-state index contributed by atoms with van der Waals surface area (Å²) in [5.41, 5.74) is 3.88. The smallest absolute Gasteiger partial charge is 0.209 e. The Morgan fingerprint density at radius 1 is 1.02 bits per heavy atom. The summed E-state index contributed by atoms with van der Waals surface area (Å²) >= 11 is 6.64. The van der Waals surface area contributed by atoms with Crippen molar-refractivity contribution in [1.29, 1.82) is 0 Å². The van der Waals surface area contributed by atoms with Gasteiger partial charge in [-0.2, -0.15) is 0 Å². The van der Waals surface area contributed by atoms with Crippen molar-refractivity contribution in [3.8, 4) is 17.1 Å². The van der Waals surface area contributed by atoms with Gasteiger partial charge in [0.1, 0.15) is 17.1 Å². The van der Waals surface area contributed by atoms with Crippen LogP contribution in [0.25, 0.3) is 22.6 Å². The number of aromatic amines is 1. The Labute approximate surface area is 259 Å². The number of methoxy groups -OCH3 is 1. The van der Waals surface area contributed by atoms with Crippen molar-refractivity contribution >= 4 is 44.2 Å². The van der Waals surface area contributed by atoms with E-state index in [9.17, 15) is 8.42 Å². The van der Waals surface area contributed by atoms with Crippen LogP contribution < -0.4 is 19.7 Å². The summed E-state index contributed by atoms with van der Waals surface area (Å²) in [6, 6.07) is 6.64. The fourth-order valence-corrected chi connectivity index (χ4v) is 7.89. The van der Waals surface area contributed by atoms with Crippen LogP contribution in [0.2, 0.25) is 5.02 Å². The molecule has 2 aromatic heterocycles. The second-order valence-corrected chi connectivity index (χ2v) is 14.4. The number of nitrogens with one attached hydrogen (secondary N) is 3. The number of imidazole rings is 1. The Morgan fingerprint density at radius 3 is 2.44 bits per heavy atom. The monoisotopic (exact) mass is 630 g/mol. The fraction of sp³-hybridized carbons (Fsp3) is 0.600. The SMILES string of the molecule is COc1cc(N2CCC(N3CCN(C)CC3)CC2)ccc1-c1nc2ncc(Cl)c(N[C@@H]3CCCC[C@H]3NS(C)(=O)=O)c2[nH]1. The first-order chi connectivity index (χ1) is 20.7. The quantitative estimate of drug-likeness (QED) is 0.342. The molecule has 1 saturated carbocycles. The molecule has 0 radical (unpaired) electrons. The number of aromatic nitrogens is 3. The summed E-state index contributed by atoms with van der Waals surface area (Å²) < 4.78 is 32.7. The number of piperazine rings is 1. The van der Waals surface area contributed by atoms with Gasteiger partial charge in [-0.25, -0.2) is 23.1 Å². The number of anilines is 2. The second kappa shape index (κ2) is 12.8. The first kappa shape index (κ1) is 30.4. The lowest BCUT2D eigenvalue weighted by atomic mass is 9.91. The molecule has 3 fully saturated rings. The number of H-pyrrole nitrogens is 1. The number of hydrogen-bond donors (Lipinski definition) is 3. The number of sulfonamides is 1. The van der Waals surface area contributed by atoms with Crippen LogP contribution in [0.15, 0.2) is 24.4 Å². The van der Waals surface area contributed by atoms with Crippen LogP contribution in [0.4, 0.5) is 11.4 Å². The van der Waals surface area contributed by atoms with E-state index in [2.05, 4.69) is 60.0 Å². The van der Waals surface area contributed by atoms with Crippen molar-refractivity contribution in [3.63, 3.8) is 0 Å². The van der Waals surface area contributed by atoms with E-state index in [1.54, 1.807) is 13.3 Å². The maximum atomic E-state index is 12.0. The van der Waals surface area contributed by atoms with E-state index in [0.29, 0.717) is 33.7 Å². The van der Waals surface area contributed by atoms with Crippen LogP contribution in [0.5, 0.6) is 5.75 Å². The highest BCUT2D eigenvalue weighted by molar-refractivity contribution is 7.88. The molecule has 13 heteroatoms. The predicted molar refractivity (Wildman–Crippen MR) is 173 cm³/mol. The van der Waals surface area contributed by atoms with E-state index in [4.69, 9.17) is 21.3 Å². The summed E-state index contributed by atoms with van der Waals surface area (Å²) in [6.07, 6.45) is 8.71. The highest BCUT2D eigenvalue weighted by Gasteiger charge is 2.30. The lowest BCUT2D eigenvalue weighted by molar-refractivity contribution is 0.0982. The number of likely N-dealkylation sites (N-methyl/N-ethyl adjacent to an activating group) is 1. The Kier molecular flexibility index (Phi) is 9.02. The van der Waals surface area contributed by atoms with Gasteiger partial charge in [0.05, 0.1) is 35.8 Å². The molecule has 4 heterocycles. The molecule has 1 aromatic carbocycles. The van der Waals surface area contributed by atoms with Gasteiger partial charge < -0.3 is 24.8 Å². The maximum absolute atomic E-state index is 12.0. The van der Waals surface area contributed by atoms with Gasteiger partial charge in [-0.1, -0.05) is 24.4 Å². The normalized spacial score (nSPS) is 23.1. The average Bonchev–Trinajstić information content (AvgIpc) is 3.43. The third-order valence-electron chi connectivity index (χ3n) is 9.26. The summed E-state index contributed by atoms with van der Waals surface area (Å²) in [6.45, 7) is 6.69. The lowest BCUT2D eigenvalue weighted by Gasteiger charge is -2.42. The second-order valence-electron chi connectivity index (χ2n) is 12.2. The summed E-state index contributed by atoms with van der Waals surface area (Å²) in [7, 11) is 0.552. The van der Waals surface area contributed by atoms with Crippen LogP contribution in [-0.4, -0.2) is 111 Å². The largest absolute Gasteiger partial charge is 0.496 e. The summed E-state index contributed by atoms with van der Waals surface area (Å²) in [5.74, 6) is 1.38. The van der Waals surface area contributed by atoms with E-state index >= 15 is 0 Å². The number of ether oxygens (including phenoxy) is 1. The topological polar surface area (TPSA) is 119 Å². The van der Waals surface area contributed by atoms with Gasteiger partial charge >= 0.3 is 0 Å². The molecule has 11 nitrogen and oxygen atoms in total. The summed E-state index contributed by atoms with van der Waals surface area (Å²) in [4.78, 5) is 20.2. The van der Waals surface area contributed by atoms with E-state index in [1.807, 2.05) is 0 Å². The molecule has 0 amide bonds. The molecule has 3 aliphatic rings. The zero-order chi connectivity index (χ0) is 30.1. The number of fused-ring (bicyclic) bond motifs is 1. The number of pyridine rings is 1. The number of benzene rings is 1. The minimum atomic E-state index is -3.34. The molecule has 234 valence electrons. The molecular formula is C30H43ClN8O3S. The van der Waals surface area contributed by atoms with E-state index in [0.717, 1.165) is 82.0 Å². The Morgan fingerprint density at radius 2 is 1.74 bits per heavy atom. The molecule has 2 saturated heterocycles. The van der Waals surface area contributed by atoms with Crippen LogP contribution in [0.3, 0.4) is 0 Å². The Hall–Kier alpha value is -2.64. The number of hydrogen-bond acceptors (Lipinski definition) is 9. The first-order valence-corrected chi connectivity index (χ1v) is 17.6. The van der Waals surface area contributed by atoms with Crippen LogP contribution >= 0.6 is 11.6 Å². The van der Waals surface area contributed by atoms with Crippen molar-refractivity contribution < 1.29 is 13.2 Å². The number of nitrogens with zero attached hydrogens (tertiary/aromatic N) is 5. The van der Waals surface area contributed by atoms with Gasteiger partial charge in [0, 0.05) is 69.1 Å². The molecule has 43 heavy (non-hydrogen) atoms. The molecule has 2 aliphatic heterocycles. The van der Waals surface area contributed by atoms with Crippen molar-refractivity contribution in [1.82, 2.24) is 29.5 Å². The number of halogens is 1. The first-order valence-electron chi connectivity index (χ1n) is 15.3. The van der Waals surface area contributed by atoms with Crippen molar-refractivity contribution in [2.45, 2.75) is 56.7 Å². The minimum Gasteiger partial charge on any atom is -0.496 e. The van der Waals surface area contributed by atoms with Crippen molar-refractivity contribution in [3.05, 3.63) is 29.4 Å². The third kappa shape index (κ3) is 6.88. The van der Waals surface area contributed by atoms with E-state index < -0.39 is 10.0 Å². The van der Waals surface area contributed by atoms with E-state index in [1.165, 1.54) is 19.1 Å². The molecule has 1 aliphatic carbocycles. The number of piperidine rings is 1. The molecule has 3 N–H and O–H groups in total. The molecule has 0 bridgehead atoms. The van der Waals surface area contributed by atoms with E-state index in [-0.39, 0.29) is 12.1 Å². The van der Waals surface area contributed by atoms with Crippen molar-refractivity contribution in [2.24, 2.45) is 0 Å². The predicted octanol–water partition coefficient (Wildman–Crippen LogP) is 3.78. The zero-order valence-electron chi connectivity index (χ0n) is 25.3. The third-order valence-corrected chi connectivity index (χ3v) is 10.3. The molecule has 0 spiro atoms. The minimum absolute atomic E-state index is 0.104. The van der Waals surface area contributed by atoms with Gasteiger partial charge in [0.25, 0.3) is 0 Å². The highest BCUT2D eigenvalue weighted by Crippen LogP contribution is 2.37. The molecule has 6 rings (SSSR count). The molecule has 2 atom stereocenters. The van der Waals surface area contributed by atoms with Gasteiger partial charge in [0.15, 0.2) is 5.65 Å². The van der Waals surface area contributed by atoms with Gasteiger partial charge in [0.2, 0.25) is 10.0 Å². The van der Waals surface area contributed by atoms with Gasteiger partial charge in [-0.3, -0.25) is 4.90 Å². The highest BCUT2D eigenvalue weighted by atomic mass is 35.5. The zero-order valence-corrected chi connectivity index (χ0v) is 26.8. The molecular weight excluding hydrogens is 588 g/mol. The Bertz CT molecular complexity index is 1530. The van der Waals surface area contributed by atoms with Gasteiger partial charge in [-0.05, 0) is 44.9 Å². The molecule has 3 aromatic rings. The standard InChI is InChI=1S/C30H43ClN8O3S/c1-37-14-16-39(17-15-37)20-10-12-38(13-11-20)21-8-9-22(26(18-21)42-2)29-34-28-27(23(31)19-32-30(28)35-29)33-24-6-4-5-7-25(24)36-43(3,40)41/h8-9,18-20,24-25,36H,4-7,10-17H2,1-3H3,(H2,32,33,34,35)/t24-,25-/m1/s1. The van der Waals surface area contributed by atoms with Crippen LogP contribution in [-0.2, 0) is 10.0 Å².